The van der Waals surface area contributed by atoms with E-state index in [2.05, 4.69) is 27.5 Å². The zero-order valence-corrected chi connectivity index (χ0v) is 15.4. The van der Waals surface area contributed by atoms with Gasteiger partial charge in [-0.15, -0.1) is 0 Å². The summed E-state index contributed by atoms with van der Waals surface area (Å²) in [5.41, 5.74) is 0.585. The highest BCUT2D eigenvalue weighted by atomic mass is 19.4. The zero-order valence-electron chi connectivity index (χ0n) is 15.4. The number of aliphatic hydroxyl groups is 1. The summed E-state index contributed by atoms with van der Waals surface area (Å²) in [5, 5.41) is 15.7. The van der Waals surface area contributed by atoms with Crippen LogP contribution in [0.15, 0.2) is 59.6 Å². The summed E-state index contributed by atoms with van der Waals surface area (Å²) in [5.74, 6) is 5.89. The molecular weight excluding hydrogens is 367 g/mol. The number of guanidine groups is 1. The number of rotatable bonds is 5. The highest BCUT2D eigenvalue weighted by Gasteiger charge is 2.30. The number of hydrogen-bond acceptors (Lipinski definition) is 2. The minimum absolute atomic E-state index is 0.0106. The summed E-state index contributed by atoms with van der Waals surface area (Å²) in [6.07, 6.45) is -4.39. The van der Waals surface area contributed by atoms with Gasteiger partial charge in [0.05, 0.1) is 18.7 Å². The maximum Gasteiger partial charge on any atom is 0.416 e. The van der Waals surface area contributed by atoms with E-state index in [1.165, 1.54) is 12.1 Å². The number of nitrogens with zero attached hydrogens (tertiary/aromatic N) is 1. The van der Waals surface area contributed by atoms with Gasteiger partial charge in [-0.1, -0.05) is 48.2 Å². The Bertz CT molecular complexity index is 839. The molecule has 2 aromatic rings. The van der Waals surface area contributed by atoms with E-state index in [4.69, 9.17) is 0 Å². The quantitative estimate of drug-likeness (QED) is 0.419. The Morgan fingerprint density at radius 3 is 2.50 bits per heavy atom. The maximum absolute atomic E-state index is 12.7. The van der Waals surface area contributed by atoms with Crippen LogP contribution in [0.4, 0.5) is 13.2 Å². The van der Waals surface area contributed by atoms with E-state index in [1.54, 1.807) is 7.05 Å². The first-order valence-electron chi connectivity index (χ1n) is 8.70. The van der Waals surface area contributed by atoms with E-state index in [0.29, 0.717) is 18.1 Å². The third kappa shape index (κ3) is 6.63. The van der Waals surface area contributed by atoms with Gasteiger partial charge in [-0.25, -0.2) is 0 Å². The predicted molar refractivity (Wildman–Crippen MR) is 104 cm³/mol. The Labute approximate surface area is 162 Å². The van der Waals surface area contributed by atoms with Crippen molar-refractivity contribution in [1.82, 2.24) is 10.6 Å². The van der Waals surface area contributed by atoms with Gasteiger partial charge < -0.3 is 15.7 Å². The van der Waals surface area contributed by atoms with E-state index in [0.717, 1.165) is 17.7 Å². The molecule has 4 nitrogen and oxygen atoms in total. The van der Waals surface area contributed by atoms with E-state index >= 15 is 0 Å². The van der Waals surface area contributed by atoms with Crippen LogP contribution >= 0.6 is 0 Å². The van der Waals surface area contributed by atoms with Crippen molar-refractivity contribution in [2.45, 2.75) is 12.1 Å². The molecule has 1 atom stereocenters. The fourth-order valence-electron chi connectivity index (χ4n) is 2.50. The van der Waals surface area contributed by atoms with E-state index < -0.39 is 11.7 Å². The molecule has 3 N–H and O–H groups in total. The molecule has 2 rings (SSSR count). The molecule has 0 aromatic heterocycles. The molecule has 7 heteroatoms. The van der Waals surface area contributed by atoms with Crippen molar-refractivity contribution < 1.29 is 18.3 Å². The second kappa shape index (κ2) is 10.4. The number of benzene rings is 2. The Hall–Kier alpha value is -2.98. The Morgan fingerprint density at radius 1 is 1.11 bits per heavy atom. The van der Waals surface area contributed by atoms with E-state index in [1.807, 2.05) is 30.3 Å². The van der Waals surface area contributed by atoms with Crippen molar-refractivity contribution in [3.63, 3.8) is 0 Å². The van der Waals surface area contributed by atoms with Gasteiger partial charge >= 0.3 is 6.18 Å². The van der Waals surface area contributed by atoms with Crippen LogP contribution in [0.25, 0.3) is 0 Å². The number of halogens is 3. The molecule has 0 heterocycles. The lowest BCUT2D eigenvalue weighted by atomic mass is 10.0. The van der Waals surface area contributed by atoms with E-state index in [-0.39, 0.29) is 19.1 Å². The third-order valence-corrected chi connectivity index (χ3v) is 4.00. The summed E-state index contributed by atoms with van der Waals surface area (Å²) in [4.78, 5) is 4.08. The lowest BCUT2D eigenvalue weighted by Crippen LogP contribution is -2.40. The number of aliphatic imine (C=N–C) groups is 1. The summed E-state index contributed by atoms with van der Waals surface area (Å²) >= 11 is 0. The standard InChI is InChI=1S/C21H22F3N3O/c1-25-20(27-14-18(15-28)17-9-3-2-4-10-17)26-12-6-8-16-7-5-11-19(13-16)21(22,23)24/h2-5,7,9-11,13,18,28H,12,14-15H2,1H3,(H2,25,26,27). The zero-order chi connectivity index (χ0) is 20.4. The number of nitrogens with one attached hydrogen (secondary N) is 2. The first kappa shape index (κ1) is 21.3. The van der Waals surface area contributed by atoms with Crippen LogP contribution in [0, 0.1) is 11.8 Å². The lowest BCUT2D eigenvalue weighted by Gasteiger charge is -2.17. The second-order valence-corrected chi connectivity index (χ2v) is 5.98. The van der Waals surface area contributed by atoms with Crippen LogP contribution in [0.1, 0.15) is 22.6 Å². The normalized spacial score (nSPS) is 12.7. The van der Waals surface area contributed by atoms with Crippen molar-refractivity contribution in [2.75, 3.05) is 26.7 Å². The molecule has 2 aromatic carbocycles. The van der Waals surface area contributed by atoms with Gasteiger partial charge in [0.1, 0.15) is 0 Å². The molecule has 0 spiro atoms. The Balaban J connectivity index is 1.87. The summed E-state index contributed by atoms with van der Waals surface area (Å²) in [7, 11) is 1.60. The van der Waals surface area contributed by atoms with Crippen molar-refractivity contribution in [3.05, 3.63) is 71.3 Å². The Kier molecular flexibility index (Phi) is 7.90. The summed E-state index contributed by atoms with van der Waals surface area (Å²) < 4.78 is 38.1. The highest BCUT2D eigenvalue weighted by molar-refractivity contribution is 5.80. The van der Waals surface area contributed by atoms with Crippen LogP contribution in [0.2, 0.25) is 0 Å². The van der Waals surface area contributed by atoms with Gasteiger partial charge in [0, 0.05) is 25.1 Å². The van der Waals surface area contributed by atoms with Crippen LogP contribution in [0.3, 0.4) is 0 Å². The first-order valence-corrected chi connectivity index (χ1v) is 8.70. The largest absolute Gasteiger partial charge is 0.416 e. The molecule has 28 heavy (non-hydrogen) atoms. The first-order chi connectivity index (χ1) is 13.4. The molecule has 1 unspecified atom stereocenters. The Morgan fingerprint density at radius 2 is 1.86 bits per heavy atom. The van der Waals surface area contributed by atoms with Crippen LogP contribution in [0.5, 0.6) is 0 Å². The van der Waals surface area contributed by atoms with Crippen molar-refractivity contribution >= 4 is 5.96 Å². The highest BCUT2D eigenvalue weighted by Crippen LogP contribution is 2.29. The third-order valence-electron chi connectivity index (χ3n) is 4.00. The molecule has 0 saturated heterocycles. The van der Waals surface area contributed by atoms with Crippen molar-refractivity contribution in [2.24, 2.45) is 4.99 Å². The molecule has 0 bridgehead atoms. The molecule has 0 aliphatic rings. The topological polar surface area (TPSA) is 56.7 Å². The lowest BCUT2D eigenvalue weighted by molar-refractivity contribution is -0.137. The van der Waals surface area contributed by atoms with Gasteiger partial charge in [-0.3, -0.25) is 4.99 Å². The van der Waals surface area contributed by atoms with Gasteiger partial charge in [-0.05, 0) is 23.8 Å². The minimum Gasteiger partial charge on any atom is -0.396 e. The van der Waals surface area contributed by atoms with Gasteiger partial charge in [0.15, 0.2) is 5.96 Å². The maximum atomic E-state index is 12.7. The second-order valence-electron chi connectivity index (χ2n) is 5.98. The van der Waals surface area contributed by atoms with Gasteiger partial charge in [0.25, 0.3) is 0 Å². The average molecular weight is 389 g/mol. The molecule has 0 aliphatic heterocycles. The number of alkyl halides is 3. The van der Waals surface area contributed by atoms with Gasteiger partial charge in [0.2, 0.25) is 0 Å². The number of hydrogen-bond donors (Lipinski definition) is 3. The van der Waals surface area contributed by atoms with E-state index in [9.17, 15) is 18.3 Å². The molecule has 0 aliphatic carbocycles. The molecular formula is C21H22F3N3O. The monoisotopic (exact) mass is 389 g/mol. The number of aliphatic hydroxyl groups excluding tert-OH is 1. The average Bonchev–Trinajstić information content (AvgIpc) is 2.70. The van der Waals surface area contributed by atoms with Crippen molar-refractivity contribution in [3.8, 4) is 11.8 Å². The van der Waals surface area contributed by atoms with Crippen LogP contribution < -0.4 is 10.6 Å². The molecule has 0 amide bonds. The van der Waals surface area contributed by atoms with Crippen LogP contribution in [-0.2, 0) is 6.18 Å². The molecule has 0 saturated carbocycles. The fourth-order valence-corrected chi connectivity index (χ4v) is 2.50. The molecule has 0 fully saturated rings. The predicted octanol–water partition coefficient (Wildman–Crippen LogP) is 3.00. The minimum atomic E-state index is -4.39. The van der Waals surface area contributed by atoms with Crippen LogP contribution in [-0.4, -0.2) is 37.8 Å². The molecule has 0 radical (unpaired) electrons. The molecule has 148 valence electrons. The SMILES string of the molecule is CN=C(NCC#Cc1cccc(C(F)(F)F)c1)NCC(CO)c1ccccc1. The smallest absolute Gasteiger partial charge is 0.396 e. The van der Waals surface area contributed by atoms with Crippen molar-refractivity contribution in [1.29, 1.82) is 0 Å². The van der Waals surface area contributed by atoms with Gasteiger partial charge in [-0.2, -0.15) is 13.2 Å². The summed E-state index contributed by atoms with van der Waals surface area (Å²) in [6, 6.07) is 14.5. The summed E-state index contributed by atoms with van der Waals surface area (Å²) in [6.45, 7) is 0.676. The fraction of sp³-hybridized carbons (Fsp3) is 0.286.